The van der Waals surface area contributed by atoms with E-state index in [-0.39, 0.29) is 5.56 Å². The fourth-order valence-electron chi connectivity index (χ4n) is 4.45. The van der Waals surface area contributed by atoms with Crippen LogP contribution >= 0.6 is 22.7 Å². The molecule has 0 N–H and O–H groups in total. The van der Waals surface area contributed by atoms with E-state index in [1.807, 2.05) is 35.8 Å². The summed E-state index contributed by atoms with van der Waals surface area (Å²) in [5, 5.41) is 3.69. The Morgan fingerprint density at radius 3 is 2.62 bits per heavy atom. The fourth-order valence-corrected chi connectivity index (χ4v) is 6.75. The van der Waals surface area contributed by atoms with E-state index in [4.69, 9.17) is 0 Å². The number of rotatable bonds is 5. The van der Waals surface area contributed by atoms with Crippen LogP contribution in [0.5, 0.6) is 0 Å². The number of fused-ring (bicyclic) bond motifs is 3. The number of hydrogen-bond acceptors (Lipinski definition) is 4. The summed E-state index contributed by atoms with van der Waals surface area (Å²) in [4.78, 5) is 15.3. The molecule has 4 aromatic rings. The minimum Gasteiger partial charge on any atom is -0.348 e. The van der Waals surface area contributed by atoms with Gasteiger partial charge in [0.25, 0.3) is 10.6 Å². The molecule has 5 rings (SSSR count). The fraction of sp³-hybridized carbons (Fsp3) is 0.214. The van der Waals surface area contributed by atoms with Crippen LogP contribution in [0.15, 0.2) is 77.4 Å². The van der Waals surface area contributed by atoms with Gasteiger partial charge in [-0.05, 0) is 62.6 Å². The number of likely N-dealkylation sites (N-methyl/N-ethyl adjacent to an activating group) is 1. The van der Waals surface area contributed by atoms with Gasteiger partial charge >= 0.3 is 0 Å². The molecule has 0 spiro atoms. The molecule has 0 saturated carbocycles. The molecule has 0 radical (unpaired) electrons. The zero-order chi connectivity index (χ0) is 23.7. The normalized spacial score (nSPS) is 16.1. The van der Waals surface area contributed by atoms with Crippen LogP contribution in [0.3, 0.4) is 0 Å². The van der Waals surface area contributed by atoms with Crippen molar-refractivity contribution in [1.82, 2.24) is 9.47 Å². The third kappa shape index (κ3) is 3.97. The van der Waals surface area contributed by atoms with E-state index in [9.17, 15) is 4.79 Å². The van der Waals surface area contributed by atoms with Crippen LogP contribution in [0.25, 0.3) is 33.1 Å². The van der Waals surface area contributed by atoms with E-state index < -0.39 is 0 Å². The zero-order valence-electron chi connectivity index (χ0n) is 19.7. The van der Waals surface area contributed by atoms with Crippen molar-refractivity contribution in [2.24, 2.45) is 0 Å². The van der Waals surface area contributed by atoms with E-state index in [0.717, 1.165) is 28.0 Å². The van der Waals surface area contributed by atoms with Gasteiger partial charge < -0.3 is 4.90 Å². The van der Waals surface area contributed by atoms with Gasteiger partial charge in [-0.3, -0.25) is 9.36 Å². The molecule has 0 aliphatic carbocycles. The number of nitrogens with zero attached hydrogens (tertiary/aromatic N) is 3. The Balaban J connectivity index is 1.68. The maximum atomic E-state index is 13.2. The molecule has 1 aliphatic heterocycles. The second-order valence-corrected chi connectivity index (χ2v) is 10.2. The molecular weight excluding hydrogens is 458 g/mol. The van der Waals surface area contributed by atoms with Crippen LogP contribution < -0.4 is 19.3 Å². The van der Waals surface area contributed by atoms with Gasteiger partial charge in [-0.25, -0.2) is 0 Å². The lowest BCUT2D eigenvalue weighted by Gasteiger charge is -2.21. The predicted octanol–water partition coefficient (Wildman–Crippen LogP) is 4.50. The van der Waals surface area contributed by atoms with Gasteiger partial charge in [0.2, 0.25) is 5.52 Å². The van der Waals surface area contributed by atoms with Crippen LogP contribution in [-0.4, -0.2) is 16.0 Å². The molecule has 2 aromatic heterocycles. The van der Waals surface area contributed by atoms with E-state index >= 15 is 0 Å². The topological polar surface area (TPSA) is 29.1 Å². The van der Waals surface area contributed by atoms with Gasteiger partial charge in [0, 0.05) is 25.0 Å². The van der Waals surface area contributed by atoms with Crippen molar-refractivity contribution in [2.45, 2.75) is 33.9 Å². The van der Waals surface area contributed by atoms with Crippen molar-refractivity contribution >= 4 is 55.8 Å². The highest BCUT2D eigenvalue weighted by atomic mass is 32.1. The molecule has 0 unspecified atom stereocenters. The van der Waals surface area contributed by atoms with Crippen molar-refractivity contribution in [2.75, 3.05) is 6.54 Å². The second kappa shape index (κ2) is 9.57. The monoisotopic (exact) mass is 486 g/mol. The van der Waals surface area contributed by atoms with E-state index in [2.05, 4.69) is 78.1 Å². The summed E-state index contributed by atoms with van der Waals surface area (Å²) in [6, 6.07) is 13.0. The second-order valence-electron chi connectivity index (χ2n) is 8.06. The average Bonchev–Trinajstić information content (AvgIpc) is 3.38. The Kier molecular flexibility index (Phi) is 6.35. The molecule has 6 heteroatoms. The Bertz CT molecular complexity index is 1650. The van der Waals surface area contributed by atoms with Crippen molar-refractivity contribution < 1.29 is 4.57 Å². The molecule has 0 amide bonds. The Morgan fingerprint density at radius 2 is 1.82 bits per heavy atom. The van der Waals surface area contributed by atoms with Crippen LogP contribution in [0, 0.1) is 0 Å². The minimum atomic E-state index is 0.0728. The highest BCUT2D eigenvalue weighted by Gasteiger charge is 2.20. The minimum absolute atomic E-state index is 0.0728. The lowest BCUT2D eigenvalue weighted by molar-refractivity contribution is -0.664. The molecule has 3 heterocycles. The summed E-state index contributed by atoms with van der Waals surface area (Å²) >= 11 is 3.35. The molecule has 1 aliphatic rings. The molecule has 2 aromatic carbocycles. The number of benzene rings is 2. The third-order valence-electron chi connectivity index (χ3n) is 6.15. The molecular formula is C28H28N3OS2+. The highest BCUT2D eigenvalue weighted by Crippen LogP contribution is 2.28. The SMILES string of the molecule is CCN1C=CC=C/C1=C\C=c1/s/c(=C\c2sc3ccc4ccccc4c3[n+]2CC)n(CC)c1=O. The summed E-state index contributed by atoms with van der Waals surface area (Å²) in [6.45, 7) is 8.75. The largest absolute Gasteiger partial charge is 0.348 e. The molecule has 172 valence electrons. The first kappa shape index (κ1) is 22.6. The quantitative estimate of drug-likeness (QED) is 0.389. The number of thiazole rings is 2. The number of allylic oxidation sites excluding steroid dienone is 4. The van der Waals surface area contributed by atoms with Gasteiger partial charge in [0.15, 0.2) is 0 Å². The van der Waals surface area contributed by atoms with Gasteiger partial charge in [0.05, 0.1) is 16.0 Å². The average molecular weight is 487 g/mol. The maximum absolute atomic E-state index is 13.2. The highest BCUT2D eigenvalue weighted by molar-refractivity contribution is 7.19. The van der Waals surface area contributed by atoms with E-state index in [0.29, 0.717) is 6.54 Å². The molecule has 0 atom stereocenters. The molecule has 0 saturated heterocycles. The van der Waals surface area contributed by atoms with Gasteiger partial charge in [-0.15, -0.1) is 11.3 Å². The van der Waals surface area contributed by atoms with Gasteiger partial charge in [0.1, 0.15) is 15.9 Å². The summed E-state index contributed by atoms with van der Waals surface area (Å²) < 4.78 is 7.26. The summed E-state index contributed by atoms with van der Waals surface area (Å²) in [7, 11) is 0. The maximum Gasteiger partial charge on any atom is 0.269 e. The van der Waals surface area contributed by atoms with E-state index in [1.54, 1.807) is 22.7 Å². The molecule has 0 fully saturated rings. The predicted molar refractivity (Wildman–Crippen MR) is 145 cm³/mol. The van der Waals surface area contributed by atoms with E-state index in [1.165, 1.54) is 26.0 Å². The first-order valence-corrected chi connectivity index (χ1v) is 13.4. The first-order chi connectivity index (χ1) is 16.6. The number of hydrogen-bond donors (Lipinski definition) is 0. The Hall–Kier alpha value is -3.22. The van der Waals surface area contributed by atoms with Crippen LogP contribution in [0.2, 0.25) is 0 Å². The zero-order valence-corrected chi connectivity index (χ0v) is 21.3. The Morgan fingerprint density at radius 1 is 0.971 bits per heavy atom. The molecule has 34 heavy (non-hydrogen) atoms. The van der Waals surface area contributed by atoms with Crippen LogP contribution in [0.1, 0.15) is 25.8 Å². The van der Waals surface area contributed by atoms with Gasteiger partial charge in [-0.1, -0.05) is 41.7 Å². The standard InChI is InChI=1S/C28H28N3OS2/c1-4-29-18-10-9-12-21(29)15-17-24-28(32)31(6-3)26(34-24)19-25-30(5-2)27-22-13-8-7-11-20(22)14-16-23(27)33-25/h7-19H,4-6H2,1-3H3/q+1/b21-15+,24-17-. The van der Waals surface area contributed by atoms with Crippen molar-refractivity contribution in [3.8, 4) is 0 Å². The van der Waals surface area contributed by atoms with Crippen molar-refractivity contribution in [3.63, 3.8) is 0 Å². The summed E-state index contributed by atoms with van der Waals surface area (Å²) in [5.41, 5.74) is 2.43. The van der Waals surface area contributed by atoms with Crippen LogP contribution in [-0.2, 0) is 13.1 Å². The smallest absolute Gasteiger partial charge is 0.269 e. The van der Waals surface area contributed by atoms with Crippen molar-refractivity contribution in [3.05, 3.63) is 97.2 Å². The molecule has 4 nitrogen and oxygen atoms in total. The summed E-state index contributed by atoms with van der Waals surface area (Å²) in [6.07, 6.45) is 14.4. The number of aryl methyl sites for hydroxylation is 1. The summed E-state index contributed by atoms with van der Waals surface area (Å²) in [5.74, 6) is 0. The Labute approximate surface area is 207 Å². The number of aromatic nitrogens is 2. The third-order valence-corrected chi connectivity index (χ3v) is 8.33. The lowest BCUT2D eigenvalue weighted by atomic mass is 10.1. The van der Waals surface area contributed by atoms with Crippen LogP contribution in [0.4, 0.5) is 0 Å². The molecule has 0 bridgehead atoms. The first-order valence-electron chi connectivity index (χ1n) is 11.7. The lowest BCUT2D eigenvalue weighted by Crippen LogP contribution is -2.35. The van der Waals surface area contributed by atoms with Crippen molar-refractivity contribution in [1.29, 1.82) is 0 Å². The van der Waals surface area contributed by atoms with Gasteiger partial charge in [-0.2, -0.15) is 4.57 Å².